The van der Waals surface area contributed by atoms with E-state index in [1.165, 1.54) is 0 Å². The first-order chi connectivity index (χ1) is 9.66. The van der Waals surface area contributed by atoms with Crippen molar-refractivity contribution in [3.8, 4) is 0 Å². The van der Waals surface area contributed by atoms with Gasteiger partial charge in [0.25, 0.3) is 0 Å². The molecule has 6 heteroatoms. The van der Waals surface area contributed by atoms with Crippen molar-refractivity contribution in [2.45, 2.75) is 44.8 Å². The van der Waals surface area contributed by atoms with E-state index in [0.29, 0.717) is 13.2 Å². The number of methoxy groups -OCH3 is 1. The van der Waals surface area contributed by atoms with Gasteiger partial charge in [0.05, 0.1) is 16.8 Å². The predicted molar refractivity (Wildman–Crippen MR) is 81.8 cm³/mol. The molecule has 20 heavy (non-hydrogen) atoms. The van der Waals surface area contributed by atoms with E-state index < -0.39 is 0 Å². The highest BCUT2D eigenvalue weighted by Crippen LogP contribution is 2.41. The molecule has 0 unspecified atom stereocenters. The molecule has 1 N–H and O–H groups in total. The molecule has 1 aliphatic rings. The average Bonchev–Trinajstić information content (AvgIpc) is 2.91. The molecule has 1 aromatic heterocycles. The Labute approximate surface area is 128 Å². The maximum atomic E-state index is 6.04. The van der Waals surface area contributed by atoms with Crippen LogP contribution in [0.4, 0.5) is 5.82 Å². The molecule has 0 saturated heterocycles. The minimum absolute atomic E-state index is 0.330. The van der Waals surface area contributed by atoms with Crippen LogP contribution in [0.15, 0.2) is 4.47 Å². The van der Waals surface area contributed by atoms with Gasteiger partial charge in [-0.05, 0) is 48.5 Å². The van der Waals surface area contributed by atoms with E-state index in [2.05, 4.69) is 26.2 Å². The first-order valence-corrected chi connectivity index (χ1v) is 7.83. The number of hydrogen-bond donors (Lipinski definition) is 1. The highest BCUT2D eigenvalue weighted by molar-refractivity contribution is 9.10. The highest BCUT2D eigenvalue weighted by Gasteiger charge is 2.40. The lowest BCUT2D eigenvalue weighted by Gasteiger charge is -2.28. The van der Waals surface area contributed by atoms with Crippen molar-refractivity contribution in [3.63, 3.8) is 0 Å². The van der Waals surface area contributed by atoms with E-state index >= 15 is 0 Å². The Bertz CT molecular complexity index is 462. The molecule has 0 bridgehead atoms. The number of hydrogen-bond acceptors (Lipinski definition) is 5. The third-order valence-electron chi connectivity index (χ3n) is 3.68. The fraction of sp³-hybridized carbons (Fsp3) is 0.714. The van der Waals surface area contributed by atoms with Crippen LogP contribution in [-0.2, 0) is 21.7 Å². The Hall–Kier alpha value is -0.720. The molecule has 0 amide bonds. The minimum atomic E-state index is -0.330. The predicted octanol–water partition coefficient (Wildman–Crippen LogP) is 3.23. The molecule has 0 aromatic carbocycles. The summed E-state index contributed by atoms with van der Waals surface area (Å²) in [5, 5.41) is 3.11. The zero-order valence-corrected chi connectivity index (χ0v) is 13.9. The minimum Gasteiger partial charge on any atom is -0.378 e. The van der Waals surface area contributed by atoms with Gasteiger partial charge in [-0.3, -0.25) is 0 Å². The third kappa shape index (κ3) is 2.97. The number of rotatable bonds is 6. The van der Waals surface area contributed by atoms with Crippen LogP contribution in [0.5, 0.6) is 0 Å². The molecule has 0 aliphatic heterocycles. The first kappa shape index (κ1) is 15.7. The van der Waals surface area contributed by atoms with Gasteiger partial charge < -0.3 is 14.8 Å². The van der Waals surface area contributed by atoms with Gasteiger partial charge in [0.1, 0.15) is 11.4 Å². The number of halogens is 1. The second kappa shape index (κ2) is 6.83. The summed E-state index contributed by atoms with van der Waals surface area (Å²) in [7, 11) is 3.52. The maximum absolute atomic E-state index is 6.04. The largest absolute Gasteiger partial charge is 0.378 e. The van der Waals surface area contributed by atoms with Crippen molar-refractivity contribution in [2.24, 2.45) is 0 Å². The van der Waals surface area contributed by atoms with Crippen molar-refractivity contribution in [1.82, 2.24) is 9.97 Å². The number of aromatic nitrogens is 2. The Morgan fingerprint density at radius 3 is 2.55 bits per heavy atom. The molecule has 0 radical (unpaired) electrons. The molecular weight excluding hydrogens is 322 g/mol. The number of nitrogens with one attached hydrogen (secondary N) is 1. The first-order valence-electron chi connectivity index (χ1n) is 7.04. The van der Waals surface area contributed by atoms with Crippen LogP contribution < -0.4 is 5.32 Å². The van der Waals surface area contributed by atoms with Crippen LogP contribution in [0, 0.1) is 0 Å². The summed E-state index contributed by atoms with van der Waals surface area (Å²) in [6.45, 7) is 3.15. The quantitative estimate of drug-likeness (QED) is 0.859. The van der Waals surface area contributed by atoms with E-state index in [0.717, 1.165) is 47.5 Å². The normalized spacial score (nSPS) is 17.4. The monoisotopic (exact) mass is 343 g/mol. The van der Waals surface area contributed by atoms with Crippen molar-refractivity contribution in [1.29, 1.82) is 0 Å². The van der Waals surface area contributed by atoms with Crippen molar-refractivity contribution in [2.75, 3.05) is 26.1 Å². The van der Waals surface area contributed by atoms with Gasteiger partial charge in [-0.1, -0.05) is 0 Å². The summed E-state index contributed by atoms with van der Waals surface area (Å²) < 4.78 is 12.1. The molecule has 1 fully saturated rings. The molecule has 112 valence electrons. The van der Waals surface area contributed by atoms with E-state index in [1.54, 1.807) is 7.11 Å². The Morgan fingerprint density at radius 2 is 2.00 bits per heavy atom. The number of nitrogens with zero attached hydrogens (tertiary/aromatic N) is 2. The summed E-state index contributed by atoms with van der Waals surface area (Å²) in [4.78, 5) is 9.35. The summed E-state index contributed by atoms with van der Waals surface area (Å²) >= 11 is 3.53. The second-order valence-electron chi connectivity index (χ2n) is 4.97. The lowest BCUT2D eigenvalue weighted by Crippen LogP contribution is -2.30. The number of ether oxygens (including phenoxy) is 2. The third-order valence-corrected chi connectivity index (χ3v) is 4.51. The number of anilines is 1. The van der Waals surface area contributed by atoms with Crippen LogP contribution in [0.1, 0.15) is 44.1 Å². The molecule has 1 heterocycles. The van der Waals surface area contributed by atoms with Crippen LogP contribution in [0.3, 0.4) is 0 Å². The molecule has 1 aromatic rings. The highest BCUT2D eigenvalue weighted by atomic mass is 79.9. The Kier molecular flexibility index (Phi) is 5.35. The lowest BCUT2D eigenvalue weighted by molar-refractivity contribution is -0.0459. The molecular formula is C14H22BrN3O2. The fourth-order valence-electron chi connectivity index (χ4n) is 2.75. The van der Waals surface area contributed by atoms with Crippen LogP contribution >= 0.6 is 15.9 Å². The van der Waals surface area contributed by atoms with E-state index in [4.69, 9.17) is 14.5 Å². The van der Waals surface area contributed by atoms with Crippen molar-refractivity contribution in [3.05, 3.63) is 16.0 Å². The second-order valence-corrected chi connectivity index (χ2v) is 5.77. The Morgan fingerprint density at radius 1 is 1.30 bits per heavy atom. The smallest absolute Gasteiger partial charge is 0.163 e. The van der Waals surface area contributed by atoms with Crippen LogP contribution in [-0.4, -0.2) is 30.7 Å². The lowest BCUT2D eigenvalue weighted by atomic mass is 10.0. The van der Waals surface area contributed by atoms with Crippen LogP contribution in [0.25, 0.3) is 0 Å². The average molecular weight is 344 g/mol. The van der Waals surface area contributed by atoms with Crippen LogP contribution in [0.2, 0.25) is 0 Å². The summed E-state index contributed by atoms with van der Waals surface area (Å²) in [6, 6.07) is 0. The summed E-state index contributed by atoms with van der Waals surface area (Å²) in [5.41, 5.74) is 0.525. The van der Waals surface area contributed by atoms with Gasteiger partial charge in [0, 0.05) is 20.8 Å². The molecule has 2 rings (SSSR count). The Balaban J connectivity index is 2.46. The van der Waals surface area contributed by atoms with E-state index in [-0.39, 0.29) is 5.60 Å². The van der Waals surface area contributed by atoms with Gasteiger partial charge in [-0.15, -0.1) is 0 Å². The zero-order chi connectivity index (χ0) is 14.6. The molecule has 5 nitrogen and oxygen atoms in total. The van der Waals surface area contributed by atoms with E-state index in [9.17, 15) is 0 Å². The van der Waals surface area contributed by atoms with Gasteiger partial charge in [0.2, 0.25) is 0 Å². The van der Waals surface area contributed by atoms with Gasteiger partial charge in [0.15, 0.2) is 5.82 Å². The molecule has 1 saturated carbocycles. The molecule has 1 aliphatic carbocycles. The topological polar surface area (TPSA) is 56.3 Å². The zero-order valence-electron chi connectivity index (χ0n) is 12.3. The standard InChI is InChI=1S/C14H22BrN3O2/c1-4-20-14(7-5-6-8-14)13-17-10(9-19-3)11(15)12(16-2)18-13/h4-9H2,1-3H3,(H,16,17,18). The van der Waals surface area contributed by atoms with Gasteiger partial charge >= 0.3 is 0 Å². The van der Waals surface area contributed by atoms with Crippen molar-refractivity contribution >= 4 is 21.7 Å². The SMILES string of the molecule is CCOC1(c2nc(COC)c(Br)c(NC)n2)CCCC1. The van der Waals surface area contributed by atoms with Gasteiger partial charge in [-0.25, -0.2) is 9.97 Å². The van der Waals surface area contributed by atoms with E-state index in [1.807, 2.05) is 14.0 Å². The summed E-state index contributed by atoms with van der Waals surface area (Å²) in [5.74, 6) is 1.56. The summed E-state index contributed by atoms with van der Waals surface area (Å²) in [6.07, 6.45) is 4.29. The molecule has 0 spiro atoms. The van der Waals surface area contributed by atoms with Gasteiger partial charge in [-0.2, -0.15) is 0 Å². The fourth-order valence-corrected chi connectivity index (χ4v) is 3.24. The molecule has 0 atom stereocenters. The maximum Gasteiger partial charge on any atom is 0.163 e. The van der Waals surface area contributed by atoms with Crippen molar-refractivity contribution < 1.29 is 9.47 Å².